The zero-order valence-corrected chi connectivity index (χ0v) is 14.1. The second-order valence-electron chi connectivity index (χ2n) is 5.44. The molecule has 0 aliphatic carbocycles. The van der Waals surface area contributed by atoms with Crippen LogP contribution in [-0.4, -0.2) is 61.7 Å². The summed E-state index contributed by atoms with van der Waals surface area (Å²) in [7, 11) is 0. The summed E-state index contributed by atoms with van der Waals surface area (Å²) in [5, 5.41) is 7.09. The van der Waals surface area contributed by atoms with Crippen molar-refractivity contribution >= 4 is 32.6 Å². The third-order valence-corrected chi connectivity index (χ3v) is 4.77. The number of anilines is 1. The van der Waals surface area contributed by atoms with Crippen LogP contribution in [0.25, 0.3) is 10.2 Å². The van der Waals surface area contributed by atoms with Crippen molar-refractivity contribution in [1.29, 1.82) is 0 Å². The number of hydrogen-bond donors (Lipinski definition) is 2. The molecule has 2 aromatic rings. The largest absolute Gasteiger partial charge is 0.379 e. The van der Waals surface area contributed by atoms with Gasteiger partial charge in [0.2, 0.25) is 0 Å². The van der Waals surface area contributed by atoms with E-state index in [4.69, 9.17) is 4.74 Å². The Bertz CT molecular complexity index is 667. The van der Waals surface area contributed by atoms with Crippen LogP contribution in [0.1, 0.15) is 17.3 Å². The van der Waals surface area contributed by atoms with Crippen LogP contribution in [-0.2, 0) is 4.74 Å². The minimum atomic E-state index is -0.0291. The number of ether oxygens (including phenoxy) is 1. The zero-order chi connectivity index (χ0) is 16.1. The van der Waals surface area contributed by atoms with Crippen LogP contribution in [0.2, 0.25) is 0 Å². The molecule has 1 amide bonds. The van der Waals surface area contributed by atoms with Gasteiger partial charge >= 0.3 is 0 Å². The van der Waals surface area contributed by atoms with Gasteiger partial charge in [0.05, 0.1) is 23.4 Å². The molecule has 2 heterocycles. The molecule has 23 heavy (non-hydrogen) atoms. The topological polar surface area (TPSA) is 66.5 Å². The van der Waals surface area contributed by atoms with E-state index < -0.39 is 0 Å². The summed E-state index contributed by atoms with van der Waals surface area (Å²) in [6, 6.07) is 5.66. The Kier molecular flexibility index (Phi) is 5.43. The first-order valence-electron chi connectivity index (χ1n) is 7.99. The van der Waals surface area contributed by atoms with Crippen molar-refractivity contribution in [1.82, 2.24) is 15.2 Å². The maximum Gasteiger partial charge on any atom is 0.251 e. The SMILES string of the molecule is CCNc1nc2ccc(C(=O)NCCN3CCOCC3)cc2s1. The van der Waals surface area contributed by atoms with Crippen molar-refractivity contribution in [2.24, 2.45) is 0 Å². The lowest BCUT2D eigenvalue weighted by atomic mass is 10.2. The Morgan fingerprint density at radius 3 is 3.00 bits per heavy atom. The Morgan fingerprint density at radius 1 is 1.39 bits per heavy atom. The summed E-state index contributed by atoms with van der Waals surface area (Å²) in [6.07, 6.45) is 0. The van der Waals surface area contributed by atoms with Crippen LogP contribution < -0.4 is 10.6 Å². The molecule has 124 valence electrons. The number of aromatic nitrogens is 1. The van der Waals surface area contributed by atoms with E-state index in [9.17, 15) is 4.79 Å². The van der Waals surface area contributed by atoms with Crippen molar-refractivity contribution in [2.45, 2.75) is 6.92 Å². The molecule has 1 saturated heterocycles. The molecule has 0 unspecified atom stereocenters. The van der Waals surface area contributed by atoms with Gasteiger partial charge in [0.15, 0.2) is 5.13 Å². The number of carbonyl (C=O) groups excluding carboxylic acids is 1. The third kappa shape index (κ3) is 4.19. The number of carbonyl (C=O) groups is 1. The van der Waals surface area contributed by atoms with E-state index >= 15 is 0 Å². The van der Waals surface area contributed by atoms with Gasteiger partial charge in [-0.1, -0.05) is 11.3 Å². The number of fused-ring (bicyclic) bond motifs is 1. The predicted molar refractivity (Wildman–Crippen MR) is 93.4 cm³/mol. The first-order valence-corrected chi connectivity index (χ1v) is 8.80. The maximum atomic E-state index is 12.3. The van der Waals surface area contributed by atoms with Crippen molar-refractivity contribution in [2.75, 3.05) is 51.3 Å². The number of nitrogens with one attached hydrogen (secondary N) is 2. The van der Waals surface area contributed by atoms with E-state index in [-0.39, 0.29) is 5.91 Å². The number of nitrogens with zero attached hydrogens (tertiary/aromatic N) is 2. The van der Waals surface area contributed by atoms with Crippen LogP contribution in [0.5, 0.6) is 0 Å². The van der Waals surface area contributed by atoms with Crippen molar-refractivity contribution in [3.63, 3.8) is 0 Å². The Hall–Kier alpha value is -1.70. The highest BCUT2D eigenvalue weighted by Gasteiger charge is 2.12. The zero-order valence-electron chi connectivity index (χ0n) is 13.3. The summed E-state index contributed by atoms with van der Waals surface area (Å²) >= 11 is 1.58. The Morgan fingerprint density at radius 2 is 2.22 bits per heavy atom. The summed E-state index contributed by atoms with van der Waals surface area (Å²) in [6.45, 7) is 7.85. The molecule has 1 aromatic heterocycles. The molecule has 0 radical (unpaired) electrons. The fourth-order valence-corrected chi connectivity index (χ4v) is 3.52. The second-order valence-corrected chi connectivity index (χ2v) is 6.47. The van der Waals surface area contributed by atoms with E-state index in [1.54, 1.807) is 11.3 Å². The van der Waals surface area contributed by atoms with Gasteiger partial charge in [-0.3, -0.25) is 9.69 Å². The van der Waals surface area contributed by atoms with Gasteiger partial charge in [0, 0.05) is 38.3 Å². The van der Waals surface area contributed by atoms with E-state index in [0.717, 1.165) is 54.7 Å². The van der Waals surface area contributed by atoms with Gasteiger partial charge in [-0.05, 0) is 25.1 Å². The molecular weight excluding hydrogens is 312 g/mol. The number of rotatable bonds is 6. The highest BCUT2D eigenvalue weighted by atomic mass is 32.1. The predicted octanol–water partition coefficient (Wildman–Crippen LogP) is 1.79. The molecule has 1 aromatic carbocycles. The lowest BCUT2D eigenvalue weighted by molar-refractivity contribution is 0.0383. The Labute approximate surface area is 139 Å². The fraction of sp³-hybridized carbons (Fsp3) is 0.500. The minimum absolute atomic E-state index is 0.0291. The number of morpholine rings is 1. The number of hydrogen-bond acceptors (Lipinski definition) is 6. The van der Waals surface area contributed by atoms with Gasteiger partial charge in [-0.15, -0.1) is 0 Å². The molecular formula is C16H22N4O2S. The van der Waals surface area contributed by atoms with E-state index in [1.807, 2.05) is 25.1 Å². The minimum Gasteiger partial charge on any atom is -0.379 e. The molecule has 0 bridgehead atoms. The average molecular weight is 334 g/mol. The third-order valence-electron chi connectivity index (χ3n) is 3.80. The quantitative estimate of drug-likeness (QED) is 0.843. The number of benzene rings is 1. The van der Waals surface area contributed by atoms with E-state index in [1.165, 1.54) is 0 Å². The fourth-order valence-electron chi connectivity index (χ4n) is 2.55. The standard InChI is InChI=1S/C16H22N4O2S/c1-2-17-16-19-13-4-3-12(11-14(13)23-16)15(21)18-5-6-20-7-9-22-10-8-20/h3-4,11H,2,5-10H2,1H3,(H,17,19)(H,18,21). The molecule has 0 spiro atoms. The summed E-state index contributed by atoms with van der Waals surface area (Å²) in [5.74, 6) is -0.0291. The lowest BCUT2D eigenvalue weighted by Crippen LogP contribution is -2.41. The van der Waals surface area contributed by atoms with Gasteiger partial charge in [-0.2, -0.15) is 0 Å². The van der Waals surface area contributed by atoms with Crippen LogP contribution in [0.4, 0.5) is 5.13 Å². The maximum absolute atomic E-state index is 12.3. The lowest BCUT2D eigenvalue weighted by Gasteiger charge is -2.26. The number of thiazole rings is 1. The first-order chi connectivity index (χ1) is 11.3. The summed E-state index contributed by atoms with van der Waals surface area (Å²) in [5.41, 5.74) is 1.61. The first kappa shape index (κ1) is 16.2. The van der Waals surface area contributed by atoms with E-state index in [2.05, 4.69) is 20.5 Å². The molecule has 7 heteroatoms. The molecule has 1 fully saturated rings. The molecule has 0 atom stereocenters. The summed E-state index contributed by atoms with van der Waals surface area (Å²) < 4.78 is 6.35. The van der Waals surface area contributed by atoms with Gasteiger partial charge in [0.25, 0.3) is 5.91 Å². The van der Waals surface area contributed by atoms with Crippen molar-refractivity contribution in [3.8, 4) is 0 Å². The van der Waals surface area contributed by atoms with Gasteiger partial charge in [-0.25, -0.2) is 4.98 Å². The smallest absolute Gasteiger partial charge is 0.251 e. The second kappa shape index (κ2) is 7.72. The highest BCUT2D eigenvalue weighted by Crippen LogP contribution is 2.26. The number of amides is 1. The van der Waals surface area contributed by atoms with Crippen LogP contribution in [0.3, 0.4) is 0 Å². The molecule has 6 nitrogen and oxygen atoms in total. The van der Waals surface area contributed by atoms with Crippen molar-refractivity contribution in [3.05, 3.63) is 23.8 Å². The van der Waals surface area contributed by atoms with Gasteiger partial charge in [0.1, 0.15) is 0 Å². The molecule has 1 aliphatic heterocycles. The molecule has 3 rings (SSSR count). The van der Waals surface area contributed by atoms with Gasteiger partial charge < -0.3 is 15.4 Å². The normalized spacial score (nSPS) is 15.7. The van der Waals surface area contributed by atoms with Crippen molar-refractivity contribution < 1.29 is 9.53 Å². The molecule has 1 aliphatic rings. The Balaban J connectivity index is 1.56. The van der Waals surface area contributed by atoms with Crippen LogP contribution in [0, 0.1) is 0 Å². The van der Waals surface area contributed by atoms with Crippen LogP contribution in [0.15, 0.2) is 18.2 Å². The molecule has 0 saturated carbocycles. The summed E-state index contributed by atoms with van der Waals surface area (Å²) in [4.78, 5) is 19.1. The average Bonchev–Trinajstić information content (AvgIpc) is 2.97. The van der Waals surface area contributed by atoms with E-state index in [0.29, 0.717) is 12.1 Å². The van der Waals surface area contributed by atoms with Crippen LogP contribution >= 0.6 is 11.3 Å². The monoisotopic (exact) mass is 334 g/mol. The highest BCUT2D eigenvalue weighted by molar-refractivity contribution is 7.22. The molecule has 2 N–H and O–H groups in total.